The Bertz CT molecular complexity index is 957. The van der Waals surface area contributed by atoms with E-state index in [0.29, 0.717) is 24.6 Å². The molecule has 2 aromatic rings. The van der Waals surface area contributed by atoms with E-state index < -0.39 is 16.1 Å². The van der Waals surface area contributed by atoms with Crippen LogP contribution in [-0.2, 0) is 14.8 Å². The first-order valence-corrected chi connectivity index (χ1v) is 12.1. The van der Waals surface area contributed by atoms with Crippen molar-refractivity contribution < 1.29 is 17.9 Å². The molecule has 0 heterocycles. The van der Waals surface area contributed by atoms with Crippen LogP contribution in [0.5, 0.6) is 5.75 Å². The zero-order valence-corrected chi connectivity index (χ0v) is 19.2. The number of carbonyl (C=O) groups excluding carboxylic acids is 1. The van der Waals surface area contributed by atoms with E-state index in [-0.39, 0.29) is 12.5 Å². The van der Waals surface area contributed by atoms with Crippen molar-refractivity contribution >= 4 is 21.6 Å². The minimum atomic E-state index is -3.64. The van der Waals surface area contributed by atoms with Crippen LogP contribution in [0.1, 0.15) is 44.2 Å². The SMILES string of the molecule is CC[C@H](C(=O)NCCOc1ccccc1C(C)C)N(c1cccc(C)c1)S(C)(=O)=O. The van der Waals surface area contributed by atoms with Gasteiger partial charge in [0.1, 0.15) is 18.4 Å². The molecular formula is C23H32N2O4S. The highest BCUT2D eigenvalue weighted by atomic mass is 32.2. The molecule has 2 aromatic carbocycles. The molecule has 0 radical (unpaired) electrons. The lowest BCUT2D eigenvalue weighted by molar-refractivity contribution is -0.122. The minimum Gasteiger partial charge on any atom is -0.491 e. The largest absolute Gasteiger partial charge is 0.491 e. The maximum Gasteiger partial charge on any atom is 0.244 e. The van der Waals surface area contributed by atoms with Gasteiger partial charge in [0.05, 0.1) is 18.5 Å². The molecule has 1 atom stereocenters. The van der Waals surface area contributed by atoms with Crippen LogP contribution in [0.2, 0.25) is 0 Å². The molecule has 0 spiro atoms. The number of hydrogen-bond donors (Lipinski definition) is 1. The first-order chi connectivity index (χ1) is 14.1. The van der Waals surface area contributed by atoms with Crippen LogP contribution in [0.15, 0.2) is 48.5 Å². The molecule has 164 valence electrons. The number of aryl methyl sites for hydroxylation is 1. The Labute approximate surface area is 180 Å². The van der Waals surface area contributed by atoms with Crippen molar-refractivity contribution in [3.8, 4) is 5.75 Å². The van der Waals surface area contributed by atoms with E-state index in [2.05, 4.69) is 19.2 Å². The van der Waals surface area contributed by atoms with E-state index >= 15 is 0 Å². The predicted molar refractivity (Wildman–Crippen MR) is 122 cm³/mol. The summed E-state index contributed by atoms with van der Waals surface area (Å²) in [6.45, 7) is 8.47. The first-order valence-electron chi connectivity index (χ1n) is 10.2. The molecule has 30 heavy (non-hydrogen) atoms. The lowest BCUT2D eigenvalue weighted by Gasteiger charge is -2.30. The monoisotopic (exact) mass is 432 g/mol. The van der Waals surface area contributed by atoms with E-state index in [9.17, 15) is 13.2 Å². The quantitative estimate of drug-likeness (QED) is 0.579. The fourth-order valence-electron chi connectivity index (χ4n) is 3.37. The molecule has 0 aliphatic heterocycles. The molecule has 1 amide bonds. The third kappa shape index (κ3) is 6.23. The van der Waals surface area contributed by atoms with Crippen LogP contribution in [0, 0.1) is 6.92 Å². The van der Waals surface area contributed by atoms with Crippen LogP contribution < -0.4 is 14.4 Å². The second-order valence-electron chi connectivity index (χ2n) is 7.65. The number of rotatable bonds is 10. The second kappa shape index (κ2) is 10.5. The zero-order chi connectivity index (χ0) is 22.3. The highest BCUT2D eigenvalue weighted by Gasteiger charge is 2.31. The van der Waals surface area contributed by atoms with E-state index in [4.69, 9.17) is 4.74 Å². The van der Waals surface area contributed by atoms with Gasteiger partial charge in [-0.15, -0.1) is 0 Å². The van der Waals surface area contributed by atoms with Gasteiger partial charge in [0.25, 0.3) is 0 Å². The Morgan fingerprint density at radius 2 is 1.83 bits per heavy atom. The van der Waals surface area contributed by atoms with Crippen molar-refractivity contribution in [1.82, 2.24) is 5.32 Å². The number of hydrogen-bond acceptors (Lipinski definition) is 4. The summed E-state index contributed by atoms with van der Waals surface area (Å²) in [7, 11) is -3.64. The molecule has 0 saturated carbocycles. The molecule has 0 unspecified atom stereocenters. The molecule has 0 aliphatic rings. The Hall–Kier alpha value is -2.54. The molecule has 0 saturated heterocycles. The van der Waals surface area contributed by atoms with Crippen LogP contribution in [0.3, 0.4) is 0 Å². The minimum absolute atomic E-state index is 0.285. The second-order valence-corrected chi connectivity index (χ2v) is 9.51. The van der Waals surface area contributed by atoms with Gasteiger partial charge < -0.3 is 10.1 Å². The molecule has 7 heteroatoms. The number of ether oxygens (including phenoxy) is 1. The van der Waals surface area contributed by atoms with Crippen molar-refractivity contribution in [2.45, 2.75) is 46.1 Å². The van der Waals surface area contributed by atoms with Gasteiger partial charge in [0.15, 0.2) is 0 Å². The Kier molecular flexibility index (Phi) is 8.29. The van der Waals surface area contributed by atoms with Crippen LogP contribution in [0.25, 0.3) is 0 Å². The number of anilines is 1. The third-order valence-electron chi connectivity index (χ3n) is 4.79. The maximum atomic E-state index is 12.8. The molecule has 6 nitrogen and oxygen atoms in total. The van der Waals surface area contributed by atoms with Crippen molar-refractivity contribution in [1.29, 1.82) is 0 Å². The highest BCUT2D eigenvalue weighted by molar-refractivity contribution is 7.92. The van der Waals surface area contributed by atoms with Gasteiger partial charge in [-0.25, -0.2) is 8.42 Å². The normalized spacial score (nSPS) is 12.5. The number of para-hydroxylation sites is 1. The van der Waals surface area contributed by atoms with Crippen LogP contribution >= 0.6 is 0 Å². The van der Waals surface area contributed by atoms with Crippen molar-refractivity contribution in [3.05, 3.63) is 59.7 Å². The van der Waals surface area contributed by atoms with Crippen LogP contribution in [0.4, 0.5) is 5.69 Å². The highest BCUT2D eigenvalue weighted by Crippen LogP contribution is 2.26. The van der Waals surface area contributed by atoms with Crippen LogP contribution in [-0.4, -0.2) is 39.8 Å². The summed E-state index contributed by atoms with van der Waals surface area (Å²) >= 11 is 0. The van der Waals surface area contributed by atoms with Gasteiger partial charge in [-0.1, -0.05) is 51.1 Å². The lowest BCUT2D eigenvalue weighted by atomic mass is 10.0. The van der Waals surface area contributed by atoms with Gasteiger partial charge in [-0.3, -0.25) is 9.10 Å². The summed E-state index contributed by atoms with van der Waals surface area (Å²) in [5, 5.41) is 2.82. The Morgan fingerprint density at radius 3 is 2.43 bits per heavy atom. The molecule has 0 bridgehead atoms. The number of benzene rings is 2. The van der Waals surface area contributed by atoms with Gasteiger partial charge >= 0.3 is 0 Å². The maximum absolute atomic E-state index is 12.8. The molecular weight excluding hydrogens is 400 g/mol. The fourth-order valence-corrected chi connectivity index (χ4v) is 4.57. The van der Waals surface area contributed by atoms with Crippen molar-refractivity contribution in [2.24, 2.45) is 0 Å². The summed E-state index contributed by atoms with van der Waals surface area (Å²) in [6.07, 6.45) is 1.47. The average molecular weight is 433 g/mol. The Morgan fingerprint density at radius 1 is 1.13 bits per heavy atom. The molecule has 0 fully saturated rings. The molecule has 0 aliphatic carbocycles. The van der Waals surface area contributed by atoms with Crippen molar-refractivity contribution in [3.63, 3.8) is 0 Å². The number of carbonyl (C=O) groups is 1. The lowest BCUT2D eigenvalue weighted by Crippen LogP contribution is -2.50. The van der Waals surface area contributed by atoms with Gasteiger partial charge in [0, 0.05) is 0 Å². The summed E-state index contributed by atoms with van der Waals surface area (Å²) in [5.74, 6) is 0.786. The summed E-state index contributed by atoms with van der Waals surface area (Å²) in [6, 6.07) is 14.1. The predicted octanol–water partition coefficient (Wildman–Crippen LogP) is 3.86. The molecule has 2 rings (SSSR count). The van der Waals surface area contributed by atoms with E-state index in [0.717, 1.165) is 23.1 Å². The zero-order valence-electron chi connectivity index (χ0n) is 18.4. The number of amides is 1. The van der Waals surface area contributed by atoms with Gasteiger partial charge in [0.2, 0.25) is 15.9 Å². The average Bonchev–Trinajstić information content (AvgIpc) is 2.68. The third-order valence-corrected chi connectivity index (χ3v) is 5.97. The smallest absolute Gasteiger partial charge is 0.244 e. The first kappa shape index (κ1) is 23.7. The van der Waals surface area contributed by atoms with Gasteiger partial charge in [-0.2, -0.15) is 0 Å². The van der Waals surface area contributed by atoms with Gasteiger partial charge in [-0.05, 0) is 48.6 Å². The van der Waals surface area contributed by atoms with E-state index in [1.807, 2.05) is 37.3 Å². The molecule has 0 aromatic heterocycles. The summed E-state index contributed by atoms with van der Waals surface area (Å²) < 4.78 is 32.0. The summed E-state index contributed by atoms with van der Waals surface area (Å²) in [5.41, 5.74) is 2.52. The number of sulfonamides is 1. The van der Waals surface area contributed by atoms with E-state index in [1.54, 1.807) is 25.1 Å². The standard InChI is InChI=1S/C23H32N2O4S/c1-6-21(25(30(5,27)28)19-11-9-10-18(4)16-19)23(26)24-14-15-29-22-13-8-7-12-20(22)17(2)3/h7-13,16-17,21H,6,14-15H2,1-5H3,(H,24,26)/t21-/m1/s1. The van der Waals surface area contributed by atoms with Crippen molar-refractivity contribution in [2.75, 3.05) is 23.7 Å². The number of nitrogens with one attached hydrogen (secondary N) is 1. The summed E-state index contributed by atoms with van der Waals surface area (Å²) in [4.78, 5) is 12.8. The molecule has 1 N–H and O–H groups in total. The van der Waals surface area contributed by atoms with E-state index in [1.165, 1.54) is 4.31 Å². The topological polar surface area (TPSA) is 75.7 Å². The number of nitrogens with zero attached hydrogens (tertiary/aromatic N) is 1. The fraction of sp³-hybridized carbons (Fsp3) is 0.435. The Balaban J connectivity index is 2.06.